The third-order valence-corrected chi connectivity index (χ3v) is 6.48. The van der Waals surface area contributed by atoms with Gasteiger partial charge in [0, 0.05) is 10.7 Å². The highest BCUT2D eigenvalue weighted by atomic mass is 35.5. The summed E-state index contributed by atoms with van der Waals surface area (Å²) in [6, 6.07) is 12.8. The minimum absolute atomic E-state index is 0.138. The molecule has 0 fully saturated rings. The molecule has 29 heavy (non-hydrogen) atoms. The molecular weight excluding hydrogens is 410 g/mol. The molecule has 0 saturated heterocycles. The van der Waals surface area contributed by atoms with E-state index in [1.165, 1.54) is 11.8 Å². The molecule has 2 heterocycles. The minimum Gasteiger partial charge on any atom is -0.497 e. The topological polar surface area (TPSA) is 81.1 Å². The second-order valence-electron chi connectivity index (χ2n) is 6.69. The number of carbonyl (C=O) groups is 1. The quantitative estimate of drug-likeness (QED) is 0.653. The molecule has 2 N–H and O–H groups in total. The number of hydrogen-bond donors (Lipinski definition) is 2. The van der Waals surface area contributed by atoms with E-state index in [1.807, 2.05) is 54.9 Å². The van der Waals surface area contributed by atoms with Crippen LogP contribution in [0.15, 0.2) is 47.6 Å². The van der Waals surface area contributed by atoms with Gasteiger partial charge in [-0.2, -0.15) is 0 Å². The van der Waals surface area contributed by atoms with E-state index in [9.17, 15) is 4.79 Å². The third-order valence-electron chi connectivity index (χ3n) is 4.86. The predicted octanol–water partition coefficient (Wildman–Crippen LogP) is 3.95. The number of aryl methyl sites for hydroxylation is 1. The third kappa shape index (κ3) is 3.77. The first kappa shape index (κ1) is 19.6. The maximum atomic E-state index is 13.3. The number of rotatable bonds is 4. The molecule has 0 unspecified atom stereocenters. The lowest BCUT2D eigenvalue weighted by molar-refractivity contribution is -0.116. The van der Waals surface area contributed by atoms with Gasteiger partial charge in [0.05, 0.1) is 13.2 Å². The van der Waals surface area contributed by atoms with E-state index in [0.717, 1.165) is 22.7 Å². The Labute approximate surface area is 177 Å². The predicted molar refractivity (Wildman–Crippen MR) is 114 cm³/mol. The molecule has 2 atom stereocenters. The van der Waals surface area contributed by atoms with Crippen LogP contribution in [0.3, 0.4) is 0 Å². The van der Waals surface area contributed by atoms with Crippen molar-refractivity contribution >= 4 is 35.0 Å². The number of amides is 1. The summed E-state index contributed by atoms with van der Waals surface area (Å²) in [6.07, 6.45) is 0. The highest BCUT2D eigenvalue weighted by molar-refractivity contribution is 8.00. The lowest BCUT2D eigenvalue weighted by atomic mass is 10.0. The molecular formula is C20H20ClN5O2S. The number of methoxy groups -OCH3 is 1. The van der Waals surface area contributed by atoms with E-state index in [2.05, 4.69) is 20.9 Å². The van der Waals surface area contributed by atoms with Crippen LogP contribution >= 0.6 is 23.4 Å². The van der Waals surface area contributed by atoms with E-state index in [-0.39, 0.29) is 11.9 Å². The van der Waals surface area contributed by atoms with Gasteiger partial charge in [0.15, 0.2) is 0 Å². The molecule has 0 bridgehead atoms. The number of benzene rings is 2. The number of anilines is 1. The summed E-state index contributed by atoms with van der Waals surface area (Å²) >= 11 is 7.58. The summed E-state index contributed by atoms with van der Waals surface area (Å²) < 4.78 is 7.07. The maximum absolute atomic E-state index is 13.3. The molecule has 0 saturated carbocycles. The van der Waals surface area contributed by atoms with E-state index >= 15 is 0 Å². The van der Waals surface area contributed by atoms with Crippen molar-refractivity contribution in [1.29, 1.82) is 0 Å². The number of nitrogens with one attached hydrogen (secondary N) is 2. The number of hydrogen-bond acceptors (Lipinski definition) is 6. The van der Waals surface area contributed by atoms with E-state index in [0.29, 0.717) is 15.9 Å². The molecule has 2 aromatic carbocycles. The largest absolute Gasteiger partial charge is 0.497 e. The Morgan fingerprint density at radius 1 is 1.21 bits per heavy atom. The van der Waals surface area contributed by atoms with Gasteiger partial charge >= 0.3 is 0 Å². The number of aromatic nitrogens is 3. The Kier molecular flexibility index (Phi) is 5.38. The molecule has 0 radical (unpaired) electrons. The Balaban J connectivity index is 1.67. The van der Waals surface area contributed by atoms with E-state index < -0.39 is 5.25 Å². The summed E-state index contributed by atoms with van der Waals surface area (Å²) in [5, 5.41) is 12.1. The van der Waals surface area contributed by atoms with Crippen LogP contribution in [0, 0.1) is 13.8 Å². The Bertz CT molecular complexity index is 1050. The first-order valence-electron chi connectivity index (χ1n) is 9.03. The highest BCUT2D eigenvalue weighted by Crippen LogP contribution is 2.38. The second kappa shape index (κ2) is 7.96. The number of carbonyl (C=O) groups excluding carboxylic acids is 1. The SMILES string of the molecule is COc1ccc([C@@H]2Nn3c(C)nnc3S[C@@H]2C(=O)Nc2cccc(Cl)c2C)cc1. The van der Waals surface area contributed by atoms with Crippen molar-refractivity contribution in [3.8, 4) is 5.75 Å². The lowest BCUT2D eigenvalue weighted by Crippen LogP contribution is -2.41. The molecule has 7 nitrogen and oxygen atoms in total. The van der Waals surface area contributed by atoms with Crippen molar-refractivity contribution in [2.24, 2.45) is 0 Å². The molecule has 0 spiro atoms. The molecule has 1 aromatic heterocycles. The molecule has 1 aliphatic rings. The van der Waals surface area contributed by atoms with Crippen LogP contribution in [0.2, 0.25) is 5.02 Å². The zero-order valence-electron chi connectivity index (χ0n) is 16.1. The molecule has 1 amide bonds. The van der Waals surface area contributed by atoms with Crippen LogP contribution in [0.25, 0.3) is 0 Å². The fourth-order valence-corrected chi connectivity index (χ4v) is 4.47. The Hall–Kier alpha value is -2.71. The van der Waals surface area contributed by atoms with Crippen molar-refractivity contribution in [2.45, 2.75) is 30.3 Å². The molecule has 3 aromatic rings. The molecule has 150 valence electrons. The van der Waals surface area contributed by atoms with Crippen molar-refractivity contribution in [2.75, 3.05) is 17.9 Å². The number of nitrogens with zero attached hydrogens (tertiary/aromatic N) is 3. The van der Waals surface area contributed by atoms with Crippen molar-refractivity contribution in [3.05, 3.63) is 64.4 Å². The van der Waals surface area contributed by atoms with Gasteiger partial charge in [0.25, 0.3) is 0 Å². The smallest absolute Gasteiger partial charge is 0.240 e. The van der Waals surface area contributed by atoms with Gasteiger partial charge < -0.3 is 15.5 Å². The summed E-state index contributed by atoms with van der Waals surface area (Å²) in [5.74, 6) is 1.35. The first-order valence-corrected chi connectivity index (χ1v) is 10.3. The van der Waals surface area contributed by atoms with Gasteiger partial charge in [-0.1, -0.05) is 41.6 Å². The van der Waals surface area contributed by atoms with Gasteiger partial charge in [-0.05, 0) is 49.2 Å². The minimum atomic E-state index is -0.460. The van der Waals surface area contributed by atoms with Crippen LogP contribution in [0.4, 0.5) is 5.69 Å². The number of ether oxygens (including phenoxy) is 1. The summed E-state index contributed by atoms with van der Waals surface area (Å²) in [6.45, 7) is 3.75. The van der Waals surface area contributed by atoms with Crippen LogP contribution in [0.1, 0.15) is 23.0 Å². The summed E-state index contributed by atoms with van der Waals surface area (Å²) in [4.78, 5) is 13.3. The normalized spacial score (nSPS) is 17.9. The van der Waals surface area contributed by atoms with Gasteiger partial charge in [0.2, 0.25) is 11.1 Å². The first-order chi connectivity index (χ1) is 14.0. The molecule has 0 aliphatic carbocycles. The Morgan fingerprint density at radius 3 is 2.69 bits per heavy atom. The number of fused-ring (bicyclic) bond motifs is 1. The highest BCUT2D eigenvalue weighted by Gasteiger charge is 2.37. The second-order valence-corrected chi connectivity index (χ2v) is 8.20. The fraction of sp³-hybridized carbons (Fsp3) is 0.250. The van der Waals surface area contributed by atoms with Crippen LogP contribution < -0.4 is 15.5 Å². The van der Waals surface area contributed by atoms with Gasteiger partial charge in [0.1, 0.15) is 16.8 Å². The molecule has 9 heteroatoms. The standard InChI is InChI=1S/C20H20ClN5O2S/c1-11-15(21)5-4-6-16(11)22-19(27)18-17(13-7-9-14(28-3)10-8-13)25-26-12(2)23-24-20(26)29-18/h4-10,17-18,25H,1-3H3,(H,22,27)/t17-,18-/m0/s1. The maximum Gasteiger partial charge on any atom is 0.240 e. The Morgan fingerprint density at radius 2 is 1.97 bits per heavy atom. The van der Waals surface area contributed by atoms with Gasteiger partial charge in [-0.15, -0.1) is 10.2 Å². The molecule has 1 aliphatic heterocycles. The average Bonchev–Trinajstić information content (AvgIpc) is 3.10. The lowest BCUT2D eigenvalue weighted by Gasteiger charge is -2.33. The summed E-state index contributed by atoms with van der Waals surface area (Å²) in [7, 11) is 1.63. The summed E-state index contributed by atoms with van der Waals surface area (Å²) in [5.41, 5.74) is 5.87. The van der Waals surface area contributed by atoms with Gasteiger partial charge in [-0.25, -0.2) is 4.68 Å². The zero-order chi connectivity index (χ0) is 20.5. The van der Waals surface area contributed by atoms with E-state index in [1.54, 1.807) is 13.2 Å². The van der Waals surface area contributed by atoms with Gasteiger partial charge in [-0.3, -0.25) is 4.79 Å². The number of halogens is 1. The fourth-order valence-electron chi connectivity index (χ4n) is 3.17. The zero-order valence-corrected chi connectivity index (χ0v) is 17.7. The molecule has 4 rings (SSSR count). The van der Waals surface area contributed by atoms with Crippen molar-refractivity contribution in [3.63, 3.8) is 0 Å². The number of thioether (sulfide) groups is 1. The van der Waals surface area contributed by atoms with Crippen molar-refractivity contribution < 1.29 is 9.53 Å². The van der Waals surface area contributed by atoms with Crippen LogP contribution in [0.5, 0.6) is 5.75 Å². The van der Waals surface area contributed by atoms with E-state index in [4.69, 9.17) is 16.3 Å². The van der Waals surface area contributed by atoms with Crippen molar-refractivity contribution in [1.82, 2.24) is 14.9 Å². The van der Waals surface area contributed by atoms with Crippen LogP contribution in [-0.2, 0) is 4.79 Å². The monoisotopic (exact) mass is 429 g/mol. The average molecular weight is 430 g/mol. The van der Waals surface area contributed by atoms with Crippen LogP contribution in [-0.4, -0.2) is 33.1 Å².